The summed E-state index contributed by atoms with van der Waals surface area (Å²) in [5.41, 5.74) is -7.73. The topological polar surface area (TPSA) is 0 Å². The third-order valence-corrected chi connectivity index (χ3v) is 10.6. The van der Waals surface area contributed by atoms with Crippen LogP contribution in [0.4, 0.5) is 35.1 Å². The Bertz CT molecular complexity index is 1210. The maximum atomic E-state index is 16.4. The first kappa shape index (κ1) is 36.1. The van der Waals surface area contributed by atoms with Crippen LogP contribution in [-0.4, -0.2) is 11.8 Å². The van der Waals surface area contributed by atoms with Crippen LogP contribution in [0, 0.1) is 10.8 Å². The fourth-order valence-corrected chi connectivity index (χ4v) is 5.61. The molecule has 238 valence electrons. The van der Waals surface area contributed by atoms with E-state index in [0.717, 1.165) is 57.2 Å². The number of halogens is 8. The molecule has 0 spiro atoms. The number of hydrogen-bond donors (Lipinski definition) is 0. The Labute approximate surface area is 246 Å². The monoisotopic (exact) mass is 606 g/mol. The number of rotatable bonds is 13. The predicted molar refractivity (Wildman–Crippen MR) is 154 cm³/mol. The summed E-state index contributed by atoms with van der Waals surface area (Å²) in [5, 5.41) is 0. The maximum Gasteiger partial charge on any atom is 0.335 e. The molecule has 0 aliphatic rings. The lowest BCUT2D eigenvalue weighted by atomic mass is 9.55. The van der Waals surface area contributed by atoms with Crippen molar-refractivity contribution in [1.29, 1.82) is 0 Å². The minimum atomic E-state index is -4.59. The van der Waals surface area contributed by atoms with Crippen molar-refractivity contribution in [2.75, 3.05) is 0 Å². The van der Waals surface area contributed by atoms with Gasteiger partial charge in [0.2, 0.25) is 0 Å². The molecule has 0 saturated heterocycles. The molecule has 2 atom stereocenters. The van der Waals surface area contributed by atoms with Gasteiger partial charge in [0.25, 0.3) is 0 Å². The van der Waals surface area contributed by atoms with E-state index in [1.807, 2.05) is 20.8 Å². The molecule has 0 saturated carbocycles. The van der Waals surface area contributed by atoms with Crippen LogP contribution in [0.2, 0.25) is 0 Å². The molecule has 0 aromatic heterocycles. The molecule has 0 aliphatic carbocycles. The van der Waals surface area contributed by atoms with E-state index in [-0.39, 0.29) is 24.8 Å². The van der Waals surface area contributed by atoms with Gasteiger partial charge in [-0.25, -0.2) is 0 Å². The lowest BCUT2D eigenvalue weighted by molar-refractivity contribution is -0.289. The first-order valence-corrected chi connectivity index (χ1v) is 14.6. The van der Waals surface area contributed by atoms with Gasteiger partial charge in [0, 0.05) is 27.4 Å². The van der Waals surface area contributed by atoms with Crippen molar-refractivity contribution in [3.63, 3.8) is 0 Å². The largest absolute Gasteiger partial charge is 0.335 e. The molecule has 2 aromatic carbocycles. The SMILES string of the molecule is CCC(C)(C)c1cccc(C(F)(F)C(F)(F)C(C)(CC)C(C)(CC)c2ccc(C(F)(F)C(F)(F)C(C)(C)CC)cc2)c1. The lowest BCUT2D eigenvalue weighted by Crippen LogP contribution is -2.59. The van der Waals surface area contributed by atoms with Crippen LogP contribution in [0.15, 0.2) is 48.5 Å². The van der Waals surface area contributed by atoms with Crippen molar-refractivity contribution in [3.05, 3.63) is 70.8 Å². The van der Waals surface area contributed by atoms with Crippen LogP contribution >= 0.6 is 0 Å². The van der Waals surface area contributed by atoms with Crippen molar-refractivity contribution < 1.29 is 35.1 Å². The second-order valence-electron chi connectivity index (χ2n) is 13.3. The normalized spacial score (nSPS) is 17.1. The molecule has 42 heavy (non-hydrogen) atoms. The Morgan fingerprint density at radius 1 is 0.476 bits per heavy atom. The first-order chi connectivity index (χ1) is 18.9. The second kappa shape index (κ2) is 11.4. The smallest absolute Gasteiger partial charge is 0.199 e. The van der Waals surface area contributed by atoms with Gasteiger partial charge in [-0.05, 0) is 48.3 Å². The molecule has 0 N–H and O–H groups in total. The average molecular weight is 607 g/mol. The van der Waals surface area contributed by atoms with Crippen LogP contribution in [-0.2, 0) is 22.7 Å². The molecule has 0 nitrogen and oxygen atoms in total. The van der Waals surface area contributed by atoms with Crippen molar-refractivity contribution in [2.24, 2.45) is 10.8 Å². The maximum absolute atomic E-state index is 16.4. The van der Waals surface area contributed by atoms with E-state index in [4.69, 9.17) is 0 Å². The van der Waals surface area contributed by atoms with Gasteiger partial charge in [0.1, 0.15) is 0 Å². The number of alkyl halides is 8. The number of benzene rings is 2. The highest BCUT2D eigenvalue weighted by atomic mass is 19.3. The molecule has 0 radical (unpaired) electrons. The van der Waals surface area contributed by atoms with Crippen molar-refractivity contribution >= 4 is 0 Å². The van der Waals surface area contributed by atoms with Crippen molar-refractivity contribution in [1.82, 2.24) is 0 Å². The Morgan fingerprint density at radius 3 is 1.36 bits per heavy atom. The minimum Gasteiger partial charge on any atom is -0.199 e. The van der Waals surface area contributed by atoms with Crippen LogP contribution in [0.25, 0.3) is 0 Å². The van der Waals surface area contributed by atoms with Gasteiger partial charge in [-0.3, -0.25) is 0 Å². The highest BCUT2D eigenvalue weighted by molar-refractivity contribution is 5.38. The van der Waals surface area contributed by atoms with Gasteiger partial charge in [-0.15, -0.1) is 0 Å². The summed E-state index contributed by atoms with van der Waals surface area (Å²) in [7, 11) is 0. The van der Waals surface area contributed by atoms with Crippen LogP contribution < -0.4 is 0 Å². The lowest BCUT2D eigenvalue weighted by Gasteiger charge is -2.52. The van der Waals surface area contributed by atoms with Crippen LogP contribution in [0.5, 0.6) is 0 Å². The molecular weight excluding hydrogens is 560 g/mol. The quantitative estimate of drug-likeness (QED) is 0.199. The first-order valence-electron chi connectivity index (χ1n) is 14.6. The third-order valence-electron chi connectivity index (χ3n) is 10.6. The summed E-state index contributed by atoms with van der Waals surface area (Å²) in [6.45, 7) is 14.5. The third kappa shape index (κ3) is 5.27. The second-order valence-corrected chi connectivity index (χ2v) is 13.3. The molecular formula is C34H46F8. The molecule has 0 fully saturated rings. The molecule has 0 heterocycles. The average Bonchev–Trinajstić information content (AvgIpc) is 2.95. The minimum absolute atomic E-state index is 0.0410. The summed E-state index contributed by atoms with van der Waals surface area (Å²) in [6, 6.07) is 8.89. The summed E-state index contributed by atoms with van der Waals surface area (Å²) < 4.78 is 125. The predicted octanol–water partition coefficient (Wildman–Crippen LogP) is 12.0. The summed E-state index contributed by atoms with van der Waals surface area (Å²) in [6.07, 6.45) is -0.0179. The van der Waals surface area contributed by atoms with E-state index < -0.39 is 56.5 Å². The van der Waals surface area contributed by atoms with Gasteiger partial charge >= 0.3 is 23.7 Å². The molecule has 2 aromatic rings. The van der Waals surface area contributed by atoms with Crippen LogP contribution in [0.1, 0.15) is 117 Å². The highest BCUT2D eigenvalue weighted by Crippen LogP contribution is 2.63. The molecule has 0 amide bonds. The Balaban J connectivity index is 2.67. The van der Waals surface area contributed by atoms with Gasteiger partial charge in [-0.2, -0.15) is 35.1 Å². The molecule has 2 unspecified atom stereocenters. The highest BCUT2D eigenvalue weighted by Gasteiger charge is 2.71. The van der Waals surface area contributed by atoms with Gasteiger partial charge in [0.05, 0.1) is 0 Å². The Morgan fingerprint density at radius 2 is 0.929 bits per heavy atom. The van der Waals surface area contributed by atoms with E-state index in [0.29, 0.717) is 12.0 Å². The fourth-order valence-electron chi connectivity index (χ4n) is 5.61. The van der Waals surface area contributed by atoms with E-state index in [1.165, 1.54) is 26.8 Å². The fraction of sp³-hybridized carbons (Fsp3) is 0.647. The van der Waals surface area contributed by atoms with Gasteiger partial charge in [0.15, 0.2) is 0 Å². The Hall–Kier alpha value is -2.12. The van der Waals surface area contributed by atoms with E-state index in [2.05, 4.69) is 0 Å². The van der Waals surface area contributed by atoms with E-state index >= 15 is 26.3 Å². The van der Waals surface area contributed by atoms with Crippen LogP contribution in [0.3, 0.4) is 0 Å². The molecule has 0 aliphatic heterocycles. The van der Waals surface area contributed by atoms with E-state index in [9.17, 15) is 8.78 Å². The van der Waals surface area contributed by atoms with E-state index in [1.54, 1.807) is 13.0 Å². The summed E-state index contributed by atoms with van der Waals surface area (Å²) >= 11 is 0. The zero-order chi connectivity index (χ0) is 32.8. The van der Waals surface area contributed by atoms with Crippen molar-refractivity contribution in [3.8, 4) is 0 Å². The Kier molecular flexibility index (Phi) is 9.81. The van der Waals surface area contributed by atoms with Gasteiger partial charge < -0.3 is 0 Å². The van der Waals surface area contributed by atoms with Crippen molar-refractivity contribution in [2.45, 2.75) is 129 Å². The van der Waals surface area contributed by atoms with Gasteiger partial charge in [-0.1, -0.05) is 112 Å². The number of hydrogen-bond acceptors (Lipinski definition) is 0. The zero-order valence-corrected chi connectivity index (χ0v) is 26.5. The molecule has 2 rings (SSSR count). The zero-order valence-electron chi connectivity index (χ0n) is 26.5. The summed E-state index contributed by atoms with van der Waals surface area (Å²) in [4.78, 5) is 0. The molecule has 0 bridgehead atoms. The summed E-state index contributed by atoms with van der Waals surface area (Å²) in [5.74, 6) is -18.1. The standard InChI is InChI=1S/C34H46F8/c1-11-27(5,6)25-16-15-17-26(22-25)32(37,38)34(41,42)30(10,14-4)29(9,13-3)23-18-20-24(21-19-23)31(35,36)33(39,40)28(7,8)12-2/h15-22H,11-14H2,1-10H3. The molecule has 8 heteroatoms.